The van der Waals surface area contributed by atoms with Crippen LogP contribution in [0.2, 0.25) is 0 Å². The van der Waals surface area contributed by atoms with Crippen LogP contribution in [-0.2, 0) is 9.53 Å². The number of aliphatic imine (C=N–C) groups is 2. The van der Waals surface area contributed by atoms with Gasteiger partial charge < -0.3 is 9.64 Å². The molecule has 2 atom stereocenters. The molecule has 1 saturated heterocycles. The summed E-state index contributed by atoms with van der Waals surface area (Å²) in [5.41, 5.74) is 2.52. The van der Waals surface area contributed by atoms with Gasteiger partial charge in [-0.1, -0.05) is 38.3 Å². The molecule has 2 aliphatic rings. The van der Waals surface area contributed by atoms with Crippen LogP contribution in [0.25, 0.3) is 0 Å². The second-order valence-electron chi connectivity index (χ2n) is 6.33. The van der Waals surface area contributed by atoms with Crippen molar-refractivity contribution in [3.8, 4) is 0 Å². The predicted octanol–water partition coefficient (Wildman–Crippen LogP) is 2.79. The number of rotatable bonds is 7. The van der Waals surface area contributed by atoms with Gasteiger partial charge in [-0.3, -0.25) is 14.7 Å². The van der Waals surface area contributed by atoms with Crippen molar-refractivity contribution < 1.29 is 9.53 Å². The molecular weight excluding hydrogens is 336 g/mol. The molecule has 1 fully saturated rings. The quantitative estimate of drug-likeness (QED) is 0.427. The van der Waals surface area contributed by atoms with Crippen LogP contribution in [0, 0.1) is 5.92 Å². The van der Waals surface area contributed by atoms with Crippen molar-refractivity contribution in [2.75, 3.05) is 26.5 Å². The van der Waals surface area contributed by atoms with Gasteiger partial charge in [-0.2, -0.15) is 0 Å². The van der Waals surface area contributed by atoms with Crippen molar-refractivity contribution in [2.45, 2.75) is 39.7 Å². The number of methoxy groups -OCH3 is 1. The maximum atomic E-state index is 12.1. The Kier molecular flexibility index (Phi) is 7.25. The van der Waals surface area contributed by atoms with E-state index in [-0.39, 0.29) is 12.0 Å². The van der Waals surface area contributed by atoms with Gasteiger partial charge in [0.2, 0.25) is 0 Å². The lowest BCUT2D eigenvalue weighted by Crippen LogP contribution is -2.39. The lowest BCUT2D eigenvalue weighted by Gasteiger charge is -2.27. The van der Waals surface area contributed by atoms with E-state index in [0.29, 0.717) is 18.0 Å². The van der Waals surface area contributed by atoms with E-state index >= 15 is 0 Å². The van der Waals surface area contributed by atoms with E-state index in [9.17, 15) is 4.79 Å². The van der Waals surface area contributed by atoms with E-state index in [1.165, 1.54) is 7.11 Å². The molecule has 6 nitrogen and oxygen atoms in total. The largest absolute Gasteiger partial charge is 0.466 e. The molecule has 0 aromatic heterocycles. The third-order valence-corrected chi connectivity index (χ3v) is 5.10. The summed E-state index contributed by atoms with van der Waals surface area (Å²) in [6.07, 6.45) is 7.86. The molecule has 0 spiro atoms. The summed E-state index contributed by atoms with van der Waals surface area (Å²) in [4.78, 5) is 23.4. The Hall–Kier alpha value is -1.60. The molecule has 7 heteroatoms. The van der Waals surface area contributed by atoms with Crippen LogP contribution in [-0.4, -0.2) is 54.9 Å². The average molecular weight is 365 g/mol. The molecule has 2 unspecified atom stereocenters. The molecule has 1 N–H and O–H groups in total. The summed E-state index contributed by atoms with van der Waals surface area (Å²) in [5.74, 6) is 1.06. The number of carbonyl (C=O) groups is 1. The predicted molar refractivity (Wildman–Crippen MR) is 105 cm³/mol. The Morgan fingerprint density at radius 3 is 3.00 bits per heavy atom. The molecule has 2 aliphatic heterocycles. The number of esters is 1. The number of carbonyl (C=O) groups excluding carboxylic acids is 1. The molecule has 0 amide bonds. The number of hydrogen-bond acceptors (Lipinski definition) is 7. The van der Waals surface area contributed by atoms with Crippen LogP contribution >= 0.6 is 11.9 Å². The minimum Gasteiger partial charge on any atom is -0.466 e. The van der Waals surface area contributed by atoms with Gasteiger partial charge in [0, 0.05) is 30.9 Å². The molecule has 2 heterocycles. The zero-order valence-electron chi connectivity index (χ0n) is 15.7. The molecule has 2 rings (SSSR count). The van der Waals surface area contributed by atoms with Crippen LogP contribution in [0.4, 0.5) is 0 Å². The highest BCUT2D eigenvalue weighted by Gasteiger charge is 2.36. The molecule has 0 radical (unpaired) electrons. The molecule has 25 heavy (non-hydrogen) atoms. The highest BCUT2D eigenvalue weighted by Crippen LogP contribution is 2.30. The number of nitrogens with zero attached hydrogens (tertiary/aromatic N) is 3. The SMILES string of the molecule is CCC(C)/C=C\N=C(C)C1=NCC(C(=O)OC)=C2CC(NSC)CN12. The first-order valence-corrected chi connectivity index (χ1v) is 9.86. The normalized spacial score (nSPS) is 22.3. The lowest BCUT2D eigenvalue weighted by molar-refractivity contribution is -0.136. The standard InChI is InChI=1S/C18H28N4O2S/c1-6-12(2)7-8-19-13(3)17-20-10-15(18(23)24-4)16-9-14(21-25-5)11-22(16)17/h7-8,12,14,21H,6,9-11H2,1-5H3/b8-7-,19-13?. The molecule has 0 saturated carbocycles. The van der Waals surface area contributed by atoms with Gasteiger partial charge in [-0.25, -0.2) is 4.79 Å². The van der Waals surface area contributed by atoms with Crippen LogP contribution < -0.4 is 4.72 Å². The summed E-state index contributed by atoms with van der Waals surface area (Å²) in [5, 5.41) is 0. The fraction of sp³-hybridized carbons (Fsp3) is 0.611. The van der Waals surface area contributed by atoms with Crippen molar-refractivity contribution in [3.05, 3.63) is 23.5 Å². The zero-order valence-corrected chi connectivity index (χ0v) is 16.5. The molecule has 0 aromatic rings. The first kappa shape index (κ1) is 19.7. The molecule has 0 bridgehead atoms. The monoisotopic (exact) mass is 364 g/mol. The highest BCUT2D eigenvalue weighted by molar-refractivity contribution is 7.96. The number of nitrogens with one attached hydrogen (secondary N) is 1. The highest BCUT2D eigenvalue weighted by atomic mass is 32.2. The fourth-order valence-electron chi connectivity index (χ4n) is 2.93. The molecule has 138 valence electrons. The van der Waals surface area contributed by atoms with E-state index < -0.39 is 0 Å². The Labute approximate surface area is 154 Å². The van der Waals surface area contributed by atoms with Gasteiger partial charge in [0.05, 0.1) is 24.9 Å². The van der Waals surface area contributed by atoms with Crippen molar-refractivity contribution in [3.63, 3.8) is 0 Å². The van der Waals surface area contributed by atoms with Crippen LogP contribution in [0.5, 0.6) is 0 Å². The zero-order chi connectivity index (χ0) is 18.4. The minimum absolute atomic E-state index is 0.274. The summed E-state index contributed by atoms with van der Waals surface area (Å²) >= 11 is 1.59. The maximum Gasteiger partial charge on any atom is 0.337 e. The van der Waals surface area contributed by atoms with Crippen LogP contribution in [0.15, 0.2) is 33.5 Å². The van der Waals surface area contributed by atoms with Crippen molar-refractivity contribution in [1.29, 1.82) is 0 Å². The number of hydrogen-bond donors (Lipinski definition) is 1. The van der Waals surface area contributed by atoms with E-state index in [2.05, 4.69) is 39.5 Å². The average Bonchev–Trinajstić information content (AvgIpc) is 3.03. The lowest BCUT2D eigenvalue weighted by atomic mass is 10.1. The first-order valence-electron chi connectivity index (χ1n) is 8.64. The first-order chi connectivity index (χ1) is 12.0. The molecular formula is C18H28N4O2S. The van der Waals surface area contributed by atoms with Crippen molar-refractivity contribution in [2.24, 2.45) is 15.9 Å². The molecule has 0 aliphatic carbocycles. The van der Waals surface area contributed by atoms with Crippen molar-refractivity contribution >= 4 is 29.5 Å². The van der Waals surface area contributed by atoms with E-state index in [1.807, 2.05) is 19.4 Å². The Bertz CT molecular complexity index is 625. The van der Waals surface area contributed by atoms with Gasteiger partial charge in [0.1, 0.15) is 5.84 Å². The van der Waals surface area contributed by atoms with Crippen LogP contribution in [0.3, 0.4) is 0 Å². The topological polar surface area (TPSA) is 66.3 Å². The summed E-state index contributed by atoms with van der Waals surface area (Å²) in [7, 11) is 1.42. The van der Waals surface area contributed by atoms with Gasteiger partial charge in [0.25, 0.3) is 0 Å². The number of allylic oxidation sites excluding steroid dienone is 1. The number of fused-ring (bicyclic) bond motifs is 1. The summed E-state index contributed by atoms with van der Waals surface area (Å²) in [6.45, 7) is 7.42. The number of ether oxygens (including phenoxy) is 1. The van der Waals surface area contributed by atoms with Gasteiger partial charge in [0.15, 0.2) is 0 Å². The minimum atomic E-state index is -0.293. The Morgan fingerprint density at radius 1 is 1.60 bits per heavy atom. The van der Waals surface area contributed by atoms with Crippen molar-refractivity contribution in [1.82, 2.24) is 9.62 Å². The third kappa shape index (κ3) is 4.73. The third-order valence-electron chi connectivity index (χ3n) is 4.53. The van der Waals surface area contributed by atoms with Gasteiger partial charge in [-0.05, 0) is 19.1 Å². The van der Waals surface area contributed by atoms with Gasteiger partial charge >= 0.3 is 5.97 Å². The van der Waals surface area contributed by atoms with E-state index in [4.69, 9.17) is 4.74 Å². The number of amidine groups is 1. The smallest absolute Gasteiger partial charge is 0.337 e. The van der Waals surface area contributed by atoms with Crippen LogP contribution in [0.1, 0.15) is 33.6 Å². The maximum absolute atomic E-state index is 12.1. The molecule has 0 aromatic carbocycles. The van der Waals surface area contributed by atoms with Gasteiger partial charge in [-0.15, -0.1) is 0 Å². The van der Waals surface area contributed by atoms with E-state index in [1.54, 1.807) is 11.9 Å². The second-order valence-corrected chi connectivity index (χ2v) is 6.98. The Morgan fingerprint density at radius 2 is 2.36 bits per heavy atom. The summed E-state index contributed by atoms with van der Waals surface area (Å²) in [6, 6.07) is 0.274. The summed E-state index contributed by atoms with van der Waals surface area (Å²) < 4.78 is 8.32. The second kappa shape index (κ2) is 9.20. The van der Waals surface area contributed by atoms with E-state index in [0.717, 1.165) is 36.6 Å². The Balaban J connectivity index is 2.24. The fourth-order valence-corrected chi connectivity index (χ4v) is 3.42.